The van der Waals surface area contributed by atoms with Gasteiger partial charge in [0.2, 0.25) is 11.8 Å². The molecule has 0 unspecified atom stereocenters. The Balaban J connectivity index is 1.69. The summed E-state index contributed by atoms with van der Waals surface area (Å²) in [5.74, 6) is 0.205. The number of aromatic nitrogens is 2. The average Bonchev–Trinajstić information content (AvgIpc) is 2.85. The average molecular weight is 318 g/mol. The second kappa shape index (κ2) is 6.72. The summed E-state index contributed by atoms with van der Waals surface area (Å²) in [6.45, 7) is 6.14. The van der Waals surface area contributed by atoms with E-state index in [1.165, 1.54) is 0 Å². The highest BCUT2D eigenvalue weighted by atomic mass is 16.2. The summed E-state index contributed by atoms with van der Waals surface area (Å²) in [4.78, 5) is 26.2. The third-order valence-corrected chi connectivity index (χ3v) is 5.01. The maximum Gasteiger partial charge on any atom is 0.227 e. The van der Waals surface area contributed by atoms with Gasteiger partial charge in [-0.25, -0.2) is 0 Å². The fourth-order valence-electron chi connectivity index (χ4n) is 3.72. The Hall–Kier alpha value is -1.85. The first-order valence-corrected chi connectivity index (χ1v) is 8.63. The van der Waals surface area contributed by atoms with E-state index in [2.05, 4.69) is 23.4 Å². The molecule has 2 aliphatic heterocycles. The molecule has 0 saturated carbocycles. The van der Waals surface area contributed by atoms with E-state index in [-0.39, 0.29) is 23.8 Å². The van der Waals surface area contributed by atoms with Crippen LogP contribution in [0.15, 0.2) is 6.07 Å². The number of hydrogen-bond donors (Lipinski definition) is 1. The summed E-state index contributed by atoms with van der Waals surface area (Å²) in [6, 6.07) is 2.29. The minimum atomic E-state index is -0.0613. The molecule has 0 spiro atoms. The summed E-state index contributed by atoms with van der Waals surface area (Å²) in [5.41, 5.74) is 2.16. The number of hydrogen-bond acceptors (Lipinski definition) is 3. The molecule has 1 N–H and O–H groups in total. The van der Waals surface area contributed by atoms with Crippen LogP contribution in [0.5, 0.6) is 0 Å². The standard InChI is InChI=1S/C17H26N4O2/c1-12-9-13(2)21(19-12)11-15-5-3-4-8-20(15)17(23)14-6-7-16(22)18-10-14/h9,14-15H,3-8,10-11H2,1-2H3,(H,18,22)/t14-,15-/m0/s1. The molecule has 2 saturated heterocycles. The maximum absolute atomic E-state index is 12.9. The van der Waals surface area contributed by atoms with Crippen molar-refractivity contribution in [2.75, 3.05) is 13.1 Å². The van der Waals surface area contributed by atoms with Gasteiger partial charge in [0.1, 0.15) is 0 Å². The fourth-order valence-corrected chi connectivity index (χ4v) is 3.72. The first kappa shape index (κ1) is 16.0. The normalized spacial score (nSPS) is 25.3. The predicted molar refractivity (Wildman–Crippen MR) is 86.8 cm³/mol. The van der Waals surface area contributed by atoms with E-state index in [1.807, 2.05) is 16.5 Å². The van der Waals surface area contributed by atoms with Gasteiger partial charge >= 0.3 is 0 Å². The van der Waals surface area contributed by atoms with E-state index >= 15 is 0 Å². The topological polar surface area (TPSA) is 67.2 Å². The van der Waals surface area contributed by atoms with Gasteiger partial charge < -0.3 is 10.2 Å². The van der Waals surface area contributed by atoms with E-state index in [9.17, 15) is 9.59 Å². The Morgan fingerprint density at radius 3 is 2.83 bits per heavy atom. The van der Waals surface area contributed by atoms with Crippen LogP contribution >= 0.6 is 0 Å². The van der Waals surface area contributed by atoms with Crippen LogP contribution in [0.25, 0.3) is 0 Å². The molecule has 6 nitrogen and oxygen atoms in total. The van der Waals surface area contributed by atoms with Crippen LogP contribution in [0.1, 0.15) is 43.5 Å². The lowest BCUT2D eigenvalue weighted by Gasteiger charge is -2.38. The number of rotatable bonds is 3. The minimum Gasteiger partial charge on any atom is -0.355 e. The van der Waals surface area contributed by atoms with Crippen LogP contribution in [0, 0.1) is 19.8 Å². The molecule has 2 amide bonds. The minimum absolute atomic E-state index is 0.0613. The summed E-state index contributed by atoms with van der Waals surface area (Å²) >= 11 is 0. The highest BCUT2D eigenvalue weighted by molar-refractivity contribution is 5.84. The van der Waals surface area contributed by atoms with Gasteiger partial charge in [0.05, 0.1) is 24.2 Å². The van der Waals surface area contributed by atoms with Crippen LogP contribution in [-0.4, -0.2) is 45.6 Å². The van der Waals surface area contributed by atoms with Crippen molar-refractivity contribution in [1.82, 2.24) is 20.0 Å². The zero-order valence-electron chi connectivity index (χ0n) is 14.0. The number of carbonyl (C=O) groups is 2. The summed E-state index contributed by atoms with van der Waals surface area (Å²) < 4.78 is 2.02. The van der Waals surface area contributed by atoms with Crippen LogP contribution in [0.3, 0.4) is 0 Å². The van der Waals surface area contributed by atoms with Crippen molar-refractivity contribution >= 4 is 11.8 Å². The van der Waals surface area contributed by atoms with E-state index < -0.39 is 0 Å². The molecule has 2 fully saturated rings. The van der Waals surface area contributed by atoms with Gasteiger partial charge in [-0.15, -0.1) is 0 Å². The van der Waals surface area contributed by atoms with Gasteiger partial charge in [0.15, 0.2) is 0 Å². The van der Waals surface area contributed by atoms with Gasteiger partial charge in [-0.3, -0.25) is 14.3 Å². The molecule has 0 aliphatic carbocycles. The largest absolute Gasteiger partial charge is 0.355 e. The van der Waals surface area contributed by atoms with Gasteiger partial charge in [-0.05, 0) is 45.6 Å². The Morgan fingerprint density at radius 1 is 1.35 bits per heavy atom. The van der Waals surface area contributed by atoms with Crippen molar-refractivity contribution < 1.29 is 9.59 Å². The molecule has 0 radical (unpaired) electrons. The molecule has 1 aromatic heterocycles. The van der Waals surface area contributed by atoms with Crippen molar-refractivity contribution in [3.05, 3.63) is 17.5 Å². The SMILES string of the molecule is Cc1cc(C)n(C[C@@H]2CCCCN2C(=O)[C@H]2CCC(=O)NC2)n1. The molecular weight excluding hydrogens is 292 g/mol. The molecule has 1 aromatic rings. The first-order valence-electron chi connectivity index (χ1n) is 8.63. The molecule has 2 atom stereocenters. The van der Waals surface area contributed by atoms with Crippen molar-refractivity contribution in [2.45, 2.75) is 58.5 Å². The predicted octanol–water partition coefficient (Wildman–Crippen LogP) is 1.41. The van der Waals surface area contributed by atoms with Crippen LogP contribution < -0.4 is 5.32 Å². The highest BCUT2D eigenvalue weighted by Gasteiger charge is 2.33. The van der Waals surface area contributed by atoms with Gasteiger partial charge in [-0.1, -0.05) is 0 Å². The number of piperidine rings is 2. The number of aryl methyl sites for hydroxylation is 2. The van der Waals surface area contributed by atoms with Crippen molar-refractivity contribution in [3.63, 3.8) is 0 Å². The summed E-state index contributed by atoms with van der Waals surface area (Å²) in [6.07, 6.45) is 4.40. The second-order valence-electron chi connectivity index (χ2n) is 6.83. The Morgan fingerprint density at radius 2 is 2.17 bits per heavy atom. The Labute approximate surface area is 137 Å². The Kier molecular flexibility index (Phi) is 4.68. The van der Waals surface area contributed by atoms with Crippen molar-refractivity contribution in [2.24, 2.45) is 5.92 Å². The van der Waals surface area contributed by atoms with Gasteiger partial charge in [-0.2, -0.15) is 5.10 Å². The highest BCUT2D eigenvalue weighted by Crippen LogP contribution is 2.23. The van der Waals surface area contributed by atoms with Gasteiger partial charge in [0, 0.05) is 25.2 Å². The van der Waals surface area contributed by atoms with Crippen LogP contribution in [0.4, 0.5) is 0 Å². The van der Waals surface area contributed by atoms with Crippen molar-refractivity contribution in [1.29, 1.82) is 0 Å². The van der Waals surface area contributed by atoms with Crippen molar-refractivity contribution in [3.8, 4) is 0 Å². The van der Waals surface area contributed by atoms with E-state index in [0.29, 0.717) is 19.4 Å². The lowest BCUT2D eigenvalue weighted by atomic mass is 9.94. The summed E-state index contributed by atoms with van der Waals surface area (Å²) in [7, 11) is 0. The number of nitrogens with zero attached hydrogens (tertiary/aromatic N) is 3. The quantitative estimate of drug-likeness (QED) is 0.916. The Bertz CT molecular complexity index is 585. The molecule has 3 rings (SSSR count). The number of nitrogens with one attached hydrogen (secondary N) is 1. The van der Waals surface area contributed by atoms with Crippen LogP contribution in [-0.2, 0) is 16.1 Å². The van der Waals surface area contributed by atoms with Gasteiger partial charge in [0.25, 0.3) is 0 Å². The number of likely N-dealkylation sites (tertiary alicyclic amines) is 1. The van der Waals surface area contributed by atoms with E-state index in [0.717, 1.165) is 43.7 Å². The fraction of sp³-hybridized carbons (Fsp3) is 0.706. The molecule has 126 valence electrons. The number of carbonyl (C=O) groups excluding carboxylic acids is 2. The molecule has 0 aromatic carbocycles. The molecule has 23 heavy (non-hydrogen) atoms. The molecule has 0 bridgehead atoms. The molecule has 2 aliphatic rings. The van der Waals surface area contributed by atoms with E-state index in [4.69, 9.17) is 0 Å². The van der Waals surface area contributed by atoms with Crippen LogP contribution in [0.2, 0.25) is 0 Å². The third kappa shape index (κ3) is 3.57. The first-order chi connectivity index (χ1) is 11.0. The lowest BCUT2D eigenvalue weighted by molar-refractivity contribution is -0.141. The summed E-state index contributed by atoms with van der Waals surface area (Å²) in [5, 5.41) is 7.37. The maximum atomic E-state index is 12.9. The third-order valence-electron chi connectivity index (χ3n) is 5.01. The number of amides is 2. The zero-order chi connectivity index (χ0) is 16.4. The monoisotopic (exact) mass is 318 g/mol. The van der Waals surface area contributed by atoms with E-state index in [1.54, 1.807) is 0 Å². The zero-order valence-corrected chi connectivity index (χ0v) is 14.0. The molecule has 6 heteroatoms. The second-order valence-corrected chi connectivity index (χ2v) is 6.83. The lowest BCUT2D eigenvalue weighted by Crippen LogP contribution is -2.51. The smallest absolute Gasteiger partial charge is 0.227 e. The molecular formula is C17H26N4O2. The molecule has 3 heterocycles.